The van der Waals surface area contributed by atoms with Gasteiger partial charge in [0, 0.05) is 43.2 Å². The molecule has 3 heterocycles. The minimum Gasteiger partial charge on any atom is -0.467 e. The molecule has 0 spiro atoms. The number of benzene rings is 1. The molecule has 2 fully saturated rings. The molecule has 2 amide bonds. The molecule has 0 unspecified atom stereocenters. The molecule has 0 aliphatic carbocycles. The Bertz CT molecular complexity index is 904. The summed E-state index contributed by atoms with van der Waals surface area (Å²) in [5.74, 6) is 0.799. The van der Waals surface area contributed by atoms with Crippen LogP contribution in [0.5, 0.6) is 0 Å². The zero-order valence-corrected chi connectivity index (χ0v) is 18.5. The SMILES string of the molecule is CN1[C@@H](CCC(=O)NCc2ccco2)CNC(=O)[C@@H]2[C@H]1CCN2Cc1cccc(Cl)c1. The highest BCUT2D eigenvalue weighted by molar-refractivity contribution is 6.30. The Hall–Kier alpha value is -2.35. The zero-order valence-electron chi connectivity index (χ0n) is 17.7. The Morgan fingerprint density at radius 2 is 2.19 bits per heavy atom. The summed E-state index contributed by atoms with van der Waals surface area (Å²) in [4.78, 5) is 29.7. The summed E-state index contributed by atoms with van der Waals surface area (Å²) in [5, 5.41) is 6.71. The maximum absolute atomic E-state index is 12.9. The third-order valence-electron chi connectivity index (χ3n) is 6.37. The largest absolute Gasteiger partial charge is 0.467 e. The molecular weight excluding hydrogens is 416 g/mol. The van der Waals surface area contributed by atoms with Crippen molar-refractivity contribution in [3.05, 3.63) is 59.0 Å². The molecule has 2 aromatic rings. The average molecular weight is 445 g/mol. The van der Waals surface area contributed by atoms with Crippen molar-refractivity contribution >= 4 is 23.4 Å². The molecular formula is C23H29ClN4O3. The van der Waals surface area contributed by atoms with Crippen LogP contribution in [-0.4, -0.2) is 59.9 Å². The number of halogens is 1. The van der Waals surface area contributed by atoms with Crippen LogP contribution >= 0.6 is 11.6 Å². The number of hydrogen-bond donors (Lipinski definition) is 2. The van der Waals surface area contributed by atoms with Gasteiger partial charge in [-0.3, -0.25) is 19.4 Å². The van der Waals surface area contributed by atoms with E-state index in [4.69, 9.17) is 16.0 Å². The van der Waals surface area contributed by atoms with Gasteiger partial charge in [0.1, 0.15) is 11.8 Å². The summed E-state index contributed by atoms with van der Waals surface area (Å²) in [6, 6.07) is 11.5. The predicted octanol–water partition coefficient (Wildman–Crippen LogP) is 2.40. The highest BCUT2D eigenvalue weighted by atomic mass is 35.5. The Balaban J connectivity index is 1.34. The number of nitrogens with one attached hydrogen (secondary N) is 2. The first-order valence-electron chi connectivity index (χ1n) is 10.8. The van der Waals surface area contributed by atoms with E-state index in [0.717, 1.165) is 24.3 Å². The minimum absolute atomic E-state index is 0.00840. The van der Waals surface area contributed by atoms with Crippen LogP contribution < -0.4 is 10.6 Å². The maximum Gasteiger partial charge on any atom is 0.239 e. The van der Waals surface area contributed by atoms with E-state index >= 15 is 0 Å². The third kappa shape index (κ3) is 5.29. The van der Waals surface area contributed by atoms with E-state index in [1.807, 2.05) is 30.3 Å². The quantitative estimate of drug-likeness (QED) is 0.685. The van der Waals surface area contributed by atoms with Crippen LogP contribution in [0.15, 0.2) is 47.1 Å². The number of nitrogens with zero attached hydrogens (tertiary/aromatic N) is 2. The standard InChI is InChI=1S/C23H29ClN4O3/c1-27-18(7-8-21(29)25-14-19-6-3-11-31-19)13-26-23(30)22-20(27)9-10-28(22)15-16-4-2-5-17(24)12-16/h2-6,11-12,18,20,22H,7-10,13-15H2,1H3,(H,25,29)(H,26,30)/t18-,20+,22-/m0/s1. The third-order valence-corrected chi connectivity index (χ3v) is 6.60. The molecule has 31 heavy (non-hydrogen) atoms. The summed E-state index contributed by atoms with van der Waals surface area (Å²) in [6.07, 6.45) is 3.63. The normalized spacial score (nSPS) is 24.5. The van der Waals surface area contributed by atoms with Crippen molar-refractivity contribution in [1.29, 1.82) is 0 Å². The predicted molar refractivity (Wildman–Crippen MR) is 118 cm³/mol. The number of carbonyl (C=O) groups excluding carboxylic acids is 2. The molecule has 166 valence electrons. The molecule has 1 aromatic carbocycles. The topological polar surface area (TPSA) is 77.8 Å². The van der Waals surface area contributed by atoms with Gasteiger partial charge >= 0.3 is 0 Å². The van der Waals surface area contributed by atoms with Crippen LogP contribution in [0.3, 0.4) is 0 Å². The monoisotopic (exact) mass is 444 g/mol. The molecule has 2 aliphatic rings. The highest BCUT2D eigenvalue weighted by Crippen LogP contribution is 2.29. The molecule has 8 heteroatoms. The highest BCUT2D eigenvalue weighted by Gasteiger charge is 2.44. The van der Waals surface area contributed by atoms with E-state index < -0.39 is 0 Å². The van der Waals surface area contributed by atoms with E-state index in [1.54, 1.807) is 12.3 Å². The molecule has 3 atom stereocenters. The summed E-state index contributed by atoms with van der Waals surface area (Å²) >= 11 is 6.13. The number of amides is 2. The number of carbonyl (C=O) groups is 2. The van der Waals surface area contributed by atoms with Gasteiger partial charge in [-0.15, -0.1) is 0 Å². The Morgan fingerprint density at radius 1 is 1.32 bits per heavy atom. The molecule has 7 nitrogen and oxygen atoms in total. The van der Waals surface area contributed by atoms with Gasteiger partial charge in [0.05, 0.1) is 12.8 Å². The fourth-order valence-electron chi connectivity index (χ4n) is 4.68. The van der Waals surface area contributed by atoms with Gasteiger partial charge in [-0.2, -0.15) is 0 Å². The number of hydrogen-bond acceptors (Lipinski definition) is 5. The van der Waals surface area contributed by atoms with Crippen LogP contribution in [-0.2, 0) is 22.7 Å². The number of likely N-dealkylation sites (N-methyl/N-ethyl adjacent to an activating group) is 1. The summed E-state index contributed by atoms with van der Waals surface area (Å²) < 4.78 is 5.25. The second kappa shape index (κ2) is 9.85. The number of rotatable bonds is 7. The van der Waals surface area contributed by atoms with E-state index in [-0.39, 0.29) is 29.9 Å². The smallest absolute Gasteiger partial charge is 0.239 e. The van der Waals surface area contributed by atoms with Crippen molar-refractivity contribution < 1.29 is 14.0 Å². The lowest BCUT2D eigenvalue weighted by Gasteiger charge is -2.33. The van der Waals surface area contributed by atoms with Crippen LogP contribution in [0, 0.1) is 0 Å². The van der Waals surface area contributed by atoms with Gasteiger partial charge in [0.15, 0.2) is 0 Å². The number of furan rings is 1. The number of likely N-dealkylation sites (tertiary alicyclic amines) is 1. The second-order valence-corrected chi connectivity index (χ2v) is 8.80. The minimum atomic E-state index is -0.193. The lowest BCUT2D eigenvalue weighted by molar-refractivity contribution is -0.126. The molecule has 0 radical (unpaired) electrons. The molecule has 2 saturated heterocycles. The summed E-state index contributed by atoms with van der Waals surface area (Å²) in [6.45, 7) is 2.50. The summed E-state index contributed by atoms with van der Waals surface area (Å²) in [5.41, 5.74) is 1.11. The average Bonchev–Trinajstić information content (AvgIpc) is 3.39. The van der Waals surface area contributed by atoms with Crippen LogP contribution in [0.4, 0.5) is 0 Å². The first kappa shape index (κ1) is 21.9. The van der Waals surface area contributed by atoms with E-state index in [1.165, 1.54) is 0 Å². The van der Waals surface area contributed by atoms with Crippen molar-refractivity contribution in [2.45, 2.75) is 50.5 Å². The lowest BCUT2D eigenvalue weighted by atomic mass is 10.0. The van der Waals surface area contributed by atoms with Gasteiger partial charge < -0.3 is 15.1 Å². The zero-order chi connectivity index (χ0) is 21.8. The van der Waals surface area contributed by atoms with Crippen molar-refractivity contribution in [1.82, 2.24) is 20.4 Å². The Kier molecular flexibility index (Phi) is 6.95. The lowest BCUT2D eigenvalue weighted by Crippen LogP contribution is -2.49. The first-order chi connectivity index (χ1) is 15.0. The fraction of sp³-hybridized carbons (Fsp3) is 0.478. The fourth-order valence-corrected chi connectivity index (χ4v) is 4.89. The van der Waals surface area contributed by atoms with Crippen molar-refractivity contribution in [3.8, 4) is 0 Å². The maximum atomic E-state index is 12.9. The van der Waals surface area contributed by atoms with Crippen molar-refractivity contribution in [2.75, 3.05) is 20.1 Å². The Labute approximate surface area is 187 Å². The van der Waals surface area contributed by atoms with E-state index in [0.29, 0.717) is 37.5 Å². The molecule has 0 bridgehead atoms. The van der Waals surface area contributed by atoms with Crippen LogP contribution in [0.25, 0.3) is 0 Å². The van der Waals surface area contributed by atoms with E-state index in [9.17, 15) is 9.59 Å². The molecule has 2 aliphatic heterocycles. The van der Waals surface area contributed by atoms with Gasteiger partial charge in [0.2, 0.25) is 11.8 Å². The molecule has 4 rings (SSSR count). The molecule has 2 N–H and O–H groups in total. The molecule has 0 saturated carbocycles. The van der Waals surface area contributed by atoms with Crippen LogP contribution in [0.2, 0.25) is 5.02 Å². The van der Waals surface area contributed by atoms with Gasteiger partial charge in [-0.1, -0.05) is 23.7 Å². The van der Waals surface area contributed by atoms with Crippen molar-refractivity contribution in [2.24, 2.45) is 0 Å². The van der Waals surface area contributed by atoms with Crippen LogP contribution in [0.1, 0.15) is 30.6 Å². The number of fused-ring (bicyclic) bond motifs is 1. The first-order valence-corrected chi connectivity index (χ1v) is 11.2. The summed E-state index contributed by atoms with van der Waals surface area (Å²) in [7, 11) is 2.08. The van der Waals surface area contributed by atoms with Gasteiger partial charge in [-0.05, 0) is 49.7 Å². The Morgan fingerprint density at radius 3 is 2.97 bits per heavy atom. The molecule has 1 aromatic heterocycles. The van der Waals surface area contributed by atoms with E-state index in [2.05, 4.69) is 27.5 Å². The second-order valence-electron chi connectivity index (χ2n) is 8.36. The van der Waals surface area contributed by atoms with Crippen molar-refractivity contribution in [3.63, 3.8) is 0 Å². The van der Waals surface area contributed by atoms with Gasteiger partial charge in [0.25, 0.3) is 0 Å². The van der Waals surface area contributed by atoms with Gasteiger partial charge in [-0.25, -0.2) is 0 Å².